The van der Waals surface area contributed by atoms with Crippen LogP contribution in [0.3, 0.4) is 0 Å². The lowest BCUT2D eigenvalue weighted by Crippen LogP contribution is -2.28. The van der Waals surface area contributed by atoms with Crippen molar-refractivity contribution in [1.82, 2.24) is 4.98 Å². The fourth-order valence-corrected chi connectivity index (χ4v) is 2.83. The van der Waals surface area contributed by atoms with Crippen molar-refractivity contribution >= 4 is 39.6 Å². The average Bonchev–Trinajstić information content (AvgIpc) is 2.52. The van der Waals surface area contributed by atoms with Crippen LogP contribution in [0.15, 0.2) is 36.4 Å². The molecule has 0 N–H and O–H groups in total. The van der Waals surface area contributed by atoms with Gasteiger partial charge in [-0.1, -0.05) is 18.2 Å². The topological polar surface area (TPSA) is 39.2 Å². The Kier molecular flexibility index (Phi) is 2.54. The first-order valence-corrected chi connectivity index (χ1v) is 6.87. The summed E-state index contributed by atoms with van der Waals surface area (Å²) in [7, 11) is 1.62. The third kappa shape index (κ3) is 1.89. The molecule has 0 bridgehead atoms. The van der Waals surface area contributed by atoms with Gasteiger partial charge in [0.05, 0.1) is 12.6 Å². The van der Waals surface area contributed by atoms with E-state index in [1.165, 1.54) is 0 Å². The van der Waals surface area contributed by atoms with Crippen LogP contribution in [0.4, 0.5) is 0 Å². The van der Waals surface area contributed by atoms with Gasteiger partial charge in [0.2, 0.25) is 5.88 Å². The van der Waals surface area contributed by atoms with Gasteiger partial charge in [-0.2, -0.15) is 0 Å². The predicted octanol–water partition coefficient (Wildman–Crippen LogP) is 1.93. The summed E-state index contributed by atoms with van der Waals surface area (Å²) in [5.74, 6) is 0.765. The molecule has 3 nitrogen and oxygen atoms in total. The molecule has 0 unspecified atom stereocenters. The molecule has 4 rings (SSSR count). The first kappa shape index (κ1) is 12.1. The molecule has 102 valence electrons. The Labute approximate surface area is 121 Å². The van der Waals surface area contributed by atoms with Gasteiger partial charge in [-0.15, -0.1) is 0 Å². The summed E-state index contributed by atoms with van der Waals surface area (Å²) in [4.78, 5) is 16.1. The molecule has 1 heterocycles. The average molecular weight is 275 g/mol. The smallest absolute Gasteiger partial charge is 0.213 e. The van der Waals surface area contributed by atoms with Crippen molar-refractivity contribution in [3.05, 3.63) is 46.8 Å². The summed E-state index contributed by atoms with van der Waals surface area (Å²) in [6, 6.07) is 12.2. The Hall–Kier alpha value is -2.68. The van der Waals surface area contributed by atoms with Crippen LogP contribution in [-0.4, -0.2) is 17.9 Å². The molecule has 0 radical (unpaired) electrons. The van der Waals surface area contributed by atoms with E-state index in [1.807, 2.05) is 24.3 Å². The van der Waals surface area contributed by atoms with Crippen LogP contribution < -0.4 is 15.2 Å². The van der Waals surface area contributed by atoms with Crippen molar-refractivity contribution < 1.29 is 9.53 Å². The number of benzene rings is 2. The Bertz CT molecular complexity index is 1020. The molecule has 0 atom stereocenters. The summed E-state index contributed by atoms with van der Waals surface area (Å²) in [5.41, 5.74) is 0.931. The number of carbonyl (C=O) groups excluding carboxylic acids is 1. The maximum atomic E-state index is 11.5. The Morgan fingerprint density at radius 1 is 1.05 bits per heavy atom. The van der Waals surface area contributed by atoms with Crippen molar-refractivity contribution in [1.29, 1.82) is 0 Å². The van der Waals surface area contributed by atoms with Gasteiger partial charge >= 0.3 is 0 Å². The van der Waals surface area contributed by atoms with Crippen LogP contribution in [0.25, 0.3) is 33.8 Å². The number of carbonyl (C=O) groups is 1. The normalized spacial score (nSPS) is 13.7. The van der Waals surface area contributed by atoms with Gasteiger partial charge in [0.15, 0.2) is 5.78 Å². The first-order chi connectivity index (χ1) is 10.2. The highest BCUT2D eigenvalue weighted by molar-refractivity contribution is 6.11. The molecular formula is C18H13NO2. The molecule has 3 aromatic rings. The van der Waals surface area contributed by atoms with E-state index in [0.717, 1.165) is 32.1 Å². The molecule has 21 heavy (non-hydrogen) atoms. The molecule has 0 aliphatic heterocycles. The third-order valence-corrected chi connectivity index (χ3v) is 3.90. The minimum atomic E-state index is 0.155. The molecule has 0 fully saturated rings. The highest BCUT2D eigenvalue weighted by Crippen LogP contribution is 2.24. The van der Waals surface area contributed by atoms with Crippen molar-refractivity contribution in [2.75, 3.05) is 7.11 Å². The van der Waals surface area contributed by atoms with Crippen LogP contribution >= 0.6 is 0 Å². The van der Waals surface area contributed by atoms with Crippen LogP contribution in [0.2, 0.25) is 0 Å². The minimum Gasteiger partial charge on any atom is -0.481 e. The Morgan fingerprint density at radius 3 is 2.71 bits per heavy atom. The lowest BCUT2D eigenvalue weighted by molar-refractivity contribution is -0.112. The third-order valence-electron chi connectivity index (χ3n) is 3.90. The number of methoxy groups -OCH3 is 1. The number of hydrogen-bond acceptors (Lipinski definition) is 3. The van der Waals surface area contributed by atoms with Crippen molar-refractivity contribution in [3.8, 4) is 5.88 Å². The van der Waals surface area contributed by atoms with E-state index in [4.69, 9.17) is 4.74 Å². The number of fused-ring (bicyclic) bond motifs is 4. The number of Topliss-reactive ketones (excluding diaryl/α,β-unsaturated/α-hetero) is 1. The zero-order chi connectivity index (χ0) is 14.4. The molecule has 1 aromatic heterocycles. The molecule has 0 amide bonds. The summed E-state index contributed by atoms with van der Waals surface area (Å²) in [6.07, 6.45) is 4.17. The number of ketones is 1. The second-order valence-corrected chi connectivity index (χ2v) is 5.21. The standard InChI is InChI=1S/C18H13NO2/c1-21-17-7-5-11-2-3-13-8-14-9-15(20)6-4-12(14)10-16(13)18(11)19-17/h2-5,7-10H,6H2,1H3. The number of rotatable bonds is 1. The molecular weight excluding hydrogens is 262 g/mol. The highest BCUT2D eigenvalue weighted by atomic mass is 16.5. The van der Waals surface area contributed by atoms with E-state index >= 15 is 0 Å². The SMILES string of the molecule is COc1ccc2ccc3cc4c(cc3c2n1)=CCC(=O)C=4. The summed E-state index contributed by atoms with van der Waals surface area (Å²) < 4.78 is 5.23. The van der Waals surface area contributed by atoms with Crippen LogP contribution in [-0.2, 0) is 4.79 Å². The Morgan fingerprint density at radius 2 is 1.86 bits per heavy atom. The molecule has 0 spiro atoms. The summed E-state index contributed by atoms with van der Waals surface area (Å²) in [6.45, 7) is 0. The van der Waals surface area contributed by atoms with Gasteiger partial charge in [-0.25, -0.2) is 4.98 Å². The van der Waals surface area contributed by atoms with Gasteiger partial charge in [-0.05, 0) is 40.1 Å². The maximum absolute atomic E-state index is 11.5. The zero-order valence-electron chi connectivity index (χ0n) is 11.6. The van der Waals surface area contributed by atoms with Gasteiger partial charge < -0.3 is 4.74 Å². The largest absolute Gasteiger partial charge is 0.481 e. The van der Waals surface area contributed by atoms with Crippen molar-refractivity contribution in [3.63, 3.8) is 0 Å². The van der Waals surface area contributed by atoms with Gasteiger partial charge in [0.25, 0.3) is 0 Å². The van der Waals surface area contributed by atoms with Crippen molar-refractivity contribution in [2.24, 2.45) is 0 Å². The second-order valence-electron chi connectivity index (χ2n) is 5.21. The quantitative estimate of drug-likeness (QED) is 0.637. The van der Waals surface area contributed by atoms with Gasteiger partial charge in [0.1, 0.15) is 0 Å². The molecule has 0 saturated heterocycles. The molecule has 1 aliphatic rings. The Balaban J connectivity index is 2.16. The highest BCUT2D eigenvalue weighted by Gasteiger charge is 2.07. The van der Waals surface area contributed by atoms with Crippen LogP contribution in [0.1, 0.15) is 6.42 Å². The number of ether oxygens (including phenoxy) is 1. The minimum absolute atomic E-state index is 0.155. The lowest BCUT2D eigenvalue weighted by atomic mass is 10.00. The monoisotopic (exact) mass is 275 g/mol. The molecule has 2 aromatic carbocycles. The van der Waals surface area contributed by atoms with E-state index in [9.17, 15) is 4.79 Å². The number of pyridine rings is 1. The first-order valence-electron chi connectivity index (χ1n) is 6.87. The van der Waals surface area contributed by atoms with E-state index in [0.29, 0.717) is 12.3 Å². The molecule has 0 saturated carbocycles. The lowest BCUT2D eigenvalue weighted by Gasteiger charge is -2.07. The van der Waals surface area contributed by atoms with E-state index < -0.39 is 0 Å². The van der Waals surface area contributed by atoms with Crippen LogP contribution in [0.5, 0.6) is 5.88 Å². The van der Waals surface area contributed by atoms with E-state index in [-0.39, 0.29) is 5.78 Å². The predicted molar refractivity (Wildman–Crippen MR) is 83.6 cm³/mol. The fourth-order valence-electron chi connectivity index (χ4n) is 2.83. The summed E-state index contributed by atoms with van der Waals surface area (Å²) >= 11 is 0. The van der Waals surface area contributed by atoms with Gasteiger partial charge in [-0.3, -0.25) is 4.79 Å². The number of hydrogen-bond donors (Lipinski definition) is 0. The van der Waals surface area contributed by atoms with E-state index in [2.05, 4.69) is 23.2 Å². The number of aromatic nitrogens is 1. The zero-order valence-corrected chi connectivity index (χ0v) is 11.6. The number of nitrogens with zero attached hydrogens (tertiary/aromatic N) is 1. The van der Waals surface area contributed by atoms with Gasteiger partial charge in [0, 0.05) is 23.3 Å². The summed E-state index contributed by atoms with van der Waals surface area (Å²) in [5, 5.41) is 5.34. The van der Waals surface area contributed by atoms with Crippen molar-refractivity contribution in [2.45, 2.75) is 6.42 Å². The van der Waals surface area contributed by atoms with Crippen LogP contribution in [0, 0.1) is 0 Å². The maximum Gasteiger partial charge on any atom is 0.213 e. The molecule has 3 heteroatoms. The molecule has 1 aliphatic carbocycles. The van der Waals surface area contributed by atoms with E-state index in [1.54, 1.807) is 13.2 Å². The second kappa shape index (κ2) is 4.42. The fraction of sp³-hybridized carbons (Fsp3) is 0.111.